The Hall–Kier alpha value is -2.55. The smallest absolute Gasteiger partial charge is 0.324 e. The Balaban J connectivity index is 1.93. The monoisotopic (exact) mass is 245 g/mol. The van der Waals surface area contributed by atoms with Crippen LogP contribution in [0.4, 0.5) is 4.79 Å². The van der Waals surface area contributed by atoms with Crippen molar-refractivity contribution in [1.29, 1.82) is 5.26 Å². The number of nitrogens with one attached hydrogen (secondary N) is 1. The quantitative estimate of drug-likeness (QED) is 0.840. The zero-order chi connectivity index (χ0) is 13.0. The van der Waals surface area contributed by atoms with Crippen LogP contribution in [0, 0.1) is 11.3 Å². The maximum Gasteiger partial charge on any atom is 0.324 e. The molecule has 1 fully saturated rings. The van der Waals surface area contributed by atoms with Crippen LogP contribution >= 0.6 is 0 Å². The van der Waals surface area contributed by atoms with Gasteiger partial charge in [-0.1, -0.05) is 6.07 Å². The number of urea groups is 1. The van der Waals surface area contributed by atoms with Gasteiger partial charge in [-0.05, 0) is 18.2 Å². The third-order valence-electron chi connectivity index (χ3n) is 2.48. The average Bonchev–Trinajstić information content (AvgIpc) is 2.82. The van der Waals surface area contributed by atoms with Gasteiger partial charge < -0.3 is 10.1 Å². The van der Waals surface area contributed by atoms with Gasteiger partial charge in [0.25, 0.3) is 5.91 Å². The Kier molecular flexibility index (Phi) is 3.44. The number of hydrogen-bond donors (Lipinski definition) is 1. The number of nitrogens with zero attached hydrogens (tertiary/aromatic N) is 2. The Bertz CT molecular complexity index is 522. The lowest BCUT2D eigenvalue weighted by atomic mass is 10.2. The van der Waals surface area contributed by atoms with Crippen LogP contribution < -0.4 is 10.1 Å². The second kappa shape index (κ2) is 5.19. The molecular weight excluding hydrogens is 234 g/mol. The molecule has 0 radical (unpaired) electrons. The molecule has 18 heavy (non-hydrogen) atoms. The molecule has 0 atom stereocenters. The number of ether oxygens (including phenoxy) is 1. The van der Waals surface area contributed by atoms with Crippen molar-refractivity contribution in [2.75, 3.05) is 19.7 Å². The summed E-state index contributed by atoms with van der Waals surface area (Å²) in [6.07, 6.45) is 0. The topological polar surface area (TPSA) is 82.4 Å². The van der Waals surface area contributed by atoms with E-state index in [2.05, 4.69) is 5.32 Å². The molecule has 0 aromatic heterocycles. The van der Waals surface area contributed by atoms with Crippen molar-refractivity contribution < 1.29 is 14.3 Å². The minimum atomic E-state index is -0.396. The predicted octanol–water partition coefficient (Wildman–Crippen LogP) is 0.489. The number of amides is 3. The lowest BCUT2D eigenvalue weighted by Crippen LogP contribution is -2.37. The van der Waals surface area contributed by atoms with Gasteiger partial charge in [0.05, 0.1) is 11.6 Å². The highest BCUT2D eigenvalue weighted by Crippen LogP contribution is 2.12. The molecule has 1 aromatic rings. The molecule has 3 amide bonds. The maximum absolute atomic E-state index is 11.7. The summed E-state index contributed by atoms with van der Waals surface area (Å²) >= 11 is 0. The summed E-state index contributed by atoms with van der Waals surface area (Å²) in [7, 11) is 0. The average molecular weight is 245 g/mol. The van der Waals surface area contributed by atoms with Gasteiger partial charge in [-0.25, -0.2) is 4.79 Å². The molecule has 6 nitrogen and oxygen atoms in total. The Morgan fingerprint density at radius 2 is 2.39 bits per heavy atom. The molecular formula is C12H11N3O3. The Morgan fingerprint density at radius 3 is 3.06 bits per heavy atom. The van der Waals surface area contributed by atoms with Crippen LogP contribution in [-0.2, 0) is 4.79 Å². The summed E-state index contributed by atoms with van der Waals surface area (Å²) in [5.74, 6) is 0.0364. The van der Waals surface area contributed by atoms with E-state index >= 15 is 0 Å². The number of hydrogen-bond acceptors (Lipinski definition) is 4. The molecule has 0 unspecified atom stereocenters. The first kappa shape index (κ1) is 11.9. The molecule has 92 valence electrons. The Labute approximate surface area is 104 Å². The van der Waals surface area contributed by atoms with E-state index in [9.17, 15) is 9.59 Å². The Morgan fingerprint density at radius 1 is 1.56 bits per heavy atom. The van der Waals surface area contributed by atoms with Crippen LogP contribution in [0.5, 0.6) is 5.75 Å². The van der Waals surface area contributed by atoms with Gasteiger partial charge in [0.2, 0.25) is 0 Å². The molecule has 2 rings (SSSR count). The van der Waals surface area contributed by atoms with Gasteiger partial charge in [-0.15, -0.1) is 0 Å². The molecule has 0 saturated carbocycles. The van der Waals surface area contributed by atoms with Crippen molar-refractivity contribution in [3.8, 4) is 11.8 Å². The van der Waals surface area contributed by atoms with E-state index in [1.807, 2.05) is 6.07 Å². The zero-order valence-corrected chi connectivity index (χ0v) is 9.55. The summed E-state index contributed by atoms with van der Waals surface area (Å²) in [5.41, 5.74) is 0.457. The third-order valence-corrected chi connectivity index (χ3v) is 2.48. The first-order valence-corrected chi connectivity index (χ1v) is 5.42. The number of nitriles is 1. The van der Waals surface area contributed by atoms with E-state index < -0.39 is 11.9 Å². The van der Waals surface area contributed by atoms with E-state index in [0.717, 1.165) is 4.90 Å². The van der Waals surface area contributed by atoms with Gasteiger partial charge in [0.1, 0.15) is 5.75 Å². The van der Waals surface area contributed by atoms with Crippen molar-refractivity contribution in [1.82, 2.24) is 10.2 Å². The number of benzene rings is 1. The number of carbonyl (C=O) groups is 2. The third kappa shape index (κ3) is 2.58. The largest absolute Gasteiger partial charge is 0.484 e. The standard InChI is InChI=1S/C12H11N3O3/c13-7-9-2-1-3-10(6-9)18-8-11(16)15-5-4-14-12(15)17/h1-3,6H,4-5,8H2,(H,14,17). The van der Waals surface area contributed by atoms with Crippen molar-refractivity contribution in [2.45, 2.75) is 0 Å². The minimum Gasteiger partial charge on any atom is -0.484 e. The first-order valence-electron chi connectivity index (χ1n) is 5.42. The first-order chi connectivity index (χ1) is 8.70. The summed E-state index contributed by atoms with van der Waals surface area (Å²) in [5, 5.41) is 11.2. The van der Waals surface area contributed by atoms with Crippen molar-refractivity contribution in [3.05, 3.63) is 29.8 Å². The van der Waals surface area contributed by atoms with Crippen LogP contribution in [0.3, 0.4) is 0 Å². The summed E-state index contributed by atoms with van der Waals surface area (Å²) in [4.78, 5) is 24.0. The lowest BCUT2D eigenvalue weighted by molar-refractivity contribution is -0.129. The van der Waals surface area contributed by atoms with Crippen molar-refractivity contribution in [2.24, 2.45) is 0 Å². The highest BCUT2D eigenvalue weighted by molar-refractivity contribution is 5.96. The molecule has 1 saturated heterocycles. The van der Waals surface area contributed by atoms with Gasteiger partial charge in [0.15, 0.2) is 6.61 Å². The van der Waals surface area contributed by atoms with Crippen LogP contribution in [0.15, 0.2) is 24.3 Å². The molecule has 1 heterocycles. The summed E-state index contributed by atoms with van der Waals surface area (Å²) in [6.45, 7) is 0.607. The molecule has 1 N–H and O–H groups in total. The predicted molar refractivity (Wildman–Crippen MR) is 61.8 cm³/mol. The van der Waals surface area contributed by atoms with Gasteiger partial charge in [0, 0.05) is 13.1 Å². The number of rotatable bonds is 3. The van der Waals surface area contributed by atoms with E-state index in [4.69, 9.17) is 10.00 Å². The lowest BCUT2D eigenvalue weighted by Gasteiger charge is -2.12. The van der Waals surface area contributed by atoms with Gasteiger partial charge in [-0.2, -0.15) is 5.26 Å². The highest BCUT2D eigenvalue weighted by atomic mass is 16.5. The summed E-state index contributed by atoms with van der Waals surface area (Å²) < 4.78 is 5.25. The van der Waals surface area contributed by atoms with E-state index in [0.29, 0.717) is 24.4 Å². The molecule has 0 aliphatic carbocycles. The molecule has 0 bridgehead atoms. The van der Waals surface area contributed by atoms with Crippen LogP contribution in [-0.4, -0.2) is 36.5 Å². The minimum absolute atomic E-state index is 0.220. The fourth-order valence-electron chi connectivity index (χ4n) is 1.59. The second-order valence-electron chi connectivity index (χ2n) is 3.71. The van der Waals surface area contributed by atoms with Gasteiger partial charge in [-0.3, -0.25) is 9.69 Å². The fraction of sp³-hybridized carbons (Fsp3) is 0.250. The zero-order valence-electron chi connectivity index (χ0n) is 9.55. The van der Waals surface area contributed by atoms with Crippen molar-refractivity contribution >= 4 is 11.9 Å². The molecule has 6 heteroatoms. The fourth-order valence-corrected chi connectivity index (χ4v) is 1.59. The second-order valence-corrected chi connectivity index (χ2v) is 3.71. The van der Waals surface area contributed by atoms with E-state index in [1.54, 1.807) is 18.2 Å². The maximum atomic E-state index is 11.7. The van der Waals surface area contributed by atoms with Crippen LogP contribution in [0.2, 0.25) is 0 Å². The highest BCUT2D eigenvalue weighted by Gasteiger charge is 2.26. The normalized spacial score (nSPS) is 13.9. The van der Waals surface area contributed by atoms with Crippen molar-refractivity contribution in [3.63, 3.8) is 0 Å². The van der Waals surface area contributed by atoms with Crippen LogP contribution in [0.25, 0.3) is 0 Å². The molecule has 1 aliphatic heterocycles. The van der Waals surface area contributed by atoms with Gasteiger partial charge >= 0.3 is 6.03 Å². The number of carbonyl (C=O) groups excluding carboxylic acids is 2. The number of imide groups is 1. The van der Waals surface area contributed by atoms with E-state index in [1.165, 1.54) is 6.07 Å². The molecule has 1 aliphatic rings. The molecule has 0 spiro atoms. The van der Waals surface area contributed by atoms with E-state index in [-0.39, 0.29) is 6.61 Å². The van der Waals surface area contributed by atoms with Crippen LogP contribution in [0.1, 0.15) is 5.56 Å². The summed E-state index contributed by atoms with van der Waals surface area (Å²) in [6, 6.07) is 8.08. The molecule has 1 aromatic carbocycles. The SMILES string of the molecule is N#Cc1cccc(OCC(=O)N2CCNC2=O)c1.